The molecule has 2 fully saturated rings. The van der Waals surface area contributed by atoms with Gasteiger partial charge in [0.25, 0.3) is 0 Å². The van der Waals surface area contributed by atoms with Crippen LogP contribution in [0.5, 0.6) is 0 Å². The summed E-state index contributed by atoms with van der Waals surface area (Å²) in [6.07, 6.45) is 7.98. The van der Waals surface area contributed by atoms with Gasteiger partial charge in [-0.05, 0) is 27.2 Å². The van der Waals surface area contributed by atoms with Gasteiger partial charge in [-0.3, -0.25) is 9.85 Å². The minimum Gasteiger partial charge on any atom is -0.442 e. The van der Waals surface area contributed by atoms with Crippen LogP contribution in [0.4, 0.5) is 4.79 Å². The molecule has 1 saturated heterocycles. The van der Waals surface area contributed by atoms with Gasteiger partial charge >= 0.3 is 6.09 Å². The van der Waals surface area contributed by atoms with Crippen LogP contribution < -0.4 is 0 Å². The van der Waals surface area contributed by atoms with E-state index in [2.05, 4.69) is 22.3 Å². The van der Waals surface area contributed by atoms with Crippen molar-refractivity contribution in [2.24, 2.45) is 10.3 Å². The van der Waals surface area contributed by atoms with E-state index in [1.807, 2.05) is 20.8 Å². The van der Waals surface area contributed by atoms with E-state index < -0.39 is 11.7 Å². The Balaban J connectivity index is 1.47. The average molecular weight is 352 g/mol. The Hall–Kier alpha value is -1.37. The standard InChI is InChI=1S/C18H32N4O3/c1-5-6-7-8-9-10-11-21-16-14-12-13(15(16)19-20-21)22(25-14)17(23)24-18(2,3)4/h13-16H,5-12H2,1-4H3/t13-,14+,15-,16-/m1/s1. The van der Waals surface area contributed by atoms with Crippen molar-refractivity contribution in [3.63, 3.8) is 0 Å². The molecule has 2 heterocycles. The second-order valence-corrected chi connectivity index (χ2v) is 8.37. The highest BCUT2D eigenvalue weighted by molar-refractivity contribution is 5.68. The largest absolute Gasteiger partial charge is 0.442 e. The molecule has 0 aromatic rings. The number of nitrogens with zero attached hydrogens (tertiary/aromatic N) is 4. The molecular weight excluding hydrogens is 320 g/mol. The number of fused-ring (bicyclic) bond motifs is 5. The lowest BCUT2D eigenvalue weighted by molar-refractivity contribution is -0.188. The normalized spacial score (nSPS) is 30.2. The van der Waals surface area contributed by atoms with Crippen molar-refractivity contribution >= 4 is 6.09 Å². The number of hydrogen-bond acceptors (Lipinski definition) is 6. The SMILES string of the molecule is CCCCCCCCN1N=N[C@H]2[C@H]1[C@@H]1C[C@H]2N(C(=O)OC(C)(C)C)O1. The van der Waals surface area contributed by atoms with Gasteiger partial charge in [0, 0.05) is 13.0 Å². The first-order chi connectivity index (χ1) is 11.9. The number of unbranched alkanes of at least 4 members (excludes halogenated alkanes) is 5. The van der Waals surface area contributed by atoms with Crippen LogP contribution in [0.3, 0.4) is 0 Å². The van der Waals surface area contributed by atoms with Crippen LogP contribution in [0.1, 0.15) is 72.6 Å². The summed E-state index contributed by atoms with van der Waals surface area (Å²) in [6, 6.07) is 0.147. The van der Waals surface area contributed by atoms with E-state index in [0.29, 0.717) is 0 Å². The molecule has 2 aliphatic heterocycles. The molecule has 4 atom stereocenters. The molecule has 1 aliphatic carbocycles. The smallest absolute Gasteiger partial charge is 0.434 e. The fraction of sp³-hybridized carbons (Fsp3) is 0.944. The summed E-state index contributed by atoms with van der Waals surface area (Å²) < 4.78 is 5.44. The van der Waals surface area contributed by atoms with Gasteiger partial charge in [-0.2, -0.15) is 10.2 Å². The molecule has 2 bridgehead atoms. The molecule has 7 heteroatoms. The molecule has 3 rings (SSSR count). The Kier molecular flexibility index (Phi) is 5.51. The molecule has 0 aromatic carbocycles. The summed E-state index contributed by atoms with van der Waals surface area (Å²) in [4.78, 5) is 18.2. The van der Waals surface area contributed by atoms with Crippen LogP contribution in [0.25, 0.3) is 0 Å². The zero-order valence-corrected chi connectivity index (χ0v) is 16.0. The van der Waals surface area contributed by atoms with Gasteiger partial charge in [0.05, 0.1) is 6.04 Å². The van der Waals surface area contributed by atoms with Crippen LogP contribution in [0.15, 0.2) is 10.3 Å². The van der Waals surface area contributed by atoms with Gasteiger partial charge in [-0.15, -0.1) is 0 Å². The van der Waals surface area contributed by atoms with Crippen molar-refractivity contribution in [1.82, 2.24) is 10.1 Å². The number of amides is 1. The molecule has 1 amide bonds. The van der Waals surface area contributed by atoms with Crippen LogP contribution in [-0.4, -0.2) is 52.5 Å². The number of ether oxygens (including phenoxy) is 1. The average Bonchev–Trinajstić information content (AvgIpc) is 3.20. The fourth-order valence-corrected chi connectivity index (χ4v) is 3.96. The predicted octanol–water partition coefficient (Wildman–Crippen LogP) is 4.09. The summed E-state index contributed by atoms with van der Waals surface area (Å²) in [5.74, 6) is 0. The number of carbonyl (C=O) groups is 1. The second-order valence-electron chi connectivity index (χ2n) is 8.37. The number of rotatable bonds is 7. The summed E-state index contributed by atoms with van der Waals surface area (Å²) in [5, 5.41) is 12.3. The third-order valence-electron chi connectivity index (χ3n) is 5.11. The highest BCUT2D eigenvalue weighted by atomic mass is 16.7. The lowest BCUT2D eigenvalue weighted by atomic mass is 10.1. The molecular formula is C18H32N4O3. The van der Waals surface area contributed by atoms with Crippen LogP contribution >= 0.6 is 0 Å². The zero-order valence-electron chi connectivity index (χ0n) is 16.0. The van der Waals surface area contributed by atoms with E-state index in [0.717, 1.165) is 19.4 Å². The van der Waals surface area contributed by atoms with Crippen molar-refractivity contribution in [2.75, 3.05) is 6.54 Å². The van der Waals surface area contributed by atoms with E-state index >= 15 is 0 Å². The number of carbonyl (C=O) groups excluding carboxylic acids is 1. The molecule has 7 nitrogen and oxygen atoms in total. The van der Waals surface area contributed by atoms with E-state index in [1.54, 1.807) is 0 Å². The fourth-order valence-electron chi connectivity index (χ4n) is 3.96. The zero-order chi connectivity index (χ0) is 18.0. The van der Waals surface area contributed by atoms with Gasteiger partial charge in [0.2, 0.25) is 0 Å². The van der Waals surface area contributed by atoms with Crippen molar-refractivity contribution in [3.8, 4) is 0 Å². The molecule has 0 aromatic heterocycles. The molecule has 142 valence electrons. The van der Waals surface area contributed by atoms with Crippen molar-refractivity contribution in [2.45, 2.75) is 102 Å². The quantitative estimate of drug-likeness (QED) is 0.647. The first-order valence-corrected chi connectivity index (χ1v) is 9.77. The topological polar surface area (TPSA) is 66.7 Å². The van der Waals surface area contributed by atoms with Gasteiger partial charge in [-0.1, -0.05) is 44.3 Å². The molecule has 0 spiro atoms. The minimum absolute atomic E-state index is 0.0161. The molecule has 0 unspecified atom stereocenters. The third kappa shape index (κ3) is 4.07. The van der Waals surface area contributed by atoms with E-state index in [1.165, 1.54) is 37.2 Å². The maximum absolute atomic E-state index is 12.3. The Labute approximate surface area is 150 Å². The molecule has 25 heavy (non-hydrogen) atoms. The number of hydroxylamine groups is 2. The summed E-state index contributed by atoms with van der Waals surface area (Å²) >= 11 is 0. The Morgan fingerprint density at radius 3 is 2.64 bits per heavy atom. The van der Waals surface area contributed by atoms with E-state index in [9.17, 15) is 4.79 Å². The van der Waals surface area contributed by atoms with Crippen molar-refractivity contribution < 1.29 is 14.4 Å². The monoisotopic (exact) mass is 352 g/mol. The Morgan fingerprint density at radius 2 is 1.92 bits per heavy atom. The lowest BCUT2D eigenvalue weighted by Gasteiger charge is -2.35. The summed E-state index contributed by atoms with van der Waals surface area (Å²) in [5.41, 5.74) is -0.525. The highest BCUT2D eigenvalue weighted by Crippen LogP contribution is 2.43. The van der Waals surface area contributed by atoms with Gasteiger partial charge in [0.15, 0.2) is 0 Å². The first kappa shape index (κ1) is 18.4. The van der Waals surface area contributed by atoms with Crippen molar-refractivity contribution in [1.29, 1.82) is 0 Å². The minimum atomic E-state index is -0.525. The van der Waals surface area contributed by atoms with Crippen LogP contribution in [0.2, 0.25) is 0 Å². The molecule has 3 aliphatic rings. The maximum atomic E-state index is 12.3. The van der Waals surface area contributed by atoms with E-state index in [4.69, 9.17) is 9.57 Å². The molecule has 1 saturated carbocycles. The molecule has 0 N–H and O–H groups in total. The maximum Gasteiger partial charge on any atom is 0.434 e. The summed E-state index contributed by atoms with van der Waals surface area (Å²) in [6.45, 7) is 8.74. The Bertz CT molecular complexity index is 505. The predicted molar refractivity (Wildman–Crippen MR) is 93.9 cm³/mol. The van der Waals surface area contributed by atoms with Gasteiger partial charge < -0.3 is 4.74 Å². The lowest BCUT2D eigenvalue weighted by Crippen LogP contribution is -2.53. The third-order valence-corrected chi connectivity index (χ3v) is 5.11. The van der Waals surface area contributed by atoms with Crippen LogP contribution in [0, 0.1) is 0 Å². The van der Waals surface area contributed by atoms with E-state index in [-0.39, 0.29) is 24.2 Å². The number of hydrogen-bond donors (Lipinski definition) is 0. The van der Waals surface area contributed by atoms with Gasteiger partial charge in [0.1, 0.15) is 23.8 Å². The van der Waals surface area contributed by atoms with Gasteiger partial charge in [-0.25, -0.2) is 4.79 Å². The highest BCUT2D eigenvalue weighted by Gasteiger charge is 2.60. The van der Waals surface area contributed by atoms with Crippen molar-refractivity contribution in [3.05, 3.63) is 0 Å². The first-order valence-electron chi connectivity index (χ1n) is 9.77. The Morgan fingerprint density at radius 1 is 1.20 bits per heavy atom. The second kappa shape index (κ2) is 7.48. The molecule has 0 radical (unpaired) electrons. The van der Waals surface area contributed by atoms with Crippen LogP contribution in [-0.2, 0) is 9.57 Å². The summed E-state index contributed by atoms with van der Waals surface area (Å²) in [7, 11) is 0.